The van der Waals surface area contributed by atoms with Crippen LogP contribution >= 0.6 is 11.8 Å². The highest BCUT2D eigenvalue weighted by Gasteiger charge is 2.41. The number of hydrogen-bond acceptors (Lipinski definition) is 6. The van der Waals surface area contributed by atoms with E-state index in [1.165, 1.54) is 6.92 Å². The van der Waals surface area contributed by atoms with E-state index in [9.17, 15) is 9.59 Å². The zero-order valence-corrected chi connectivity index (χ0v) is 11.5. The lowest BCUT2D eigenvalue weighted by Crippen LogP contribution is -2.31. The number of hydrogen-bond donors (Lipinski definition) is 0. The fraction of sp³-hybridized carbons (Fsp3) is 0.583. The van der Waals surface area contributed by atoms with Gasteiger partial charge in [-0.1, -0.05) is 0 Å². The van der Waals surface area contributed by atoms with E-state index in [0.29, 0.717) is 18.2 Å². The van der Waals surface area contributed by atoms with Gasteiger partial charge in [0.1, 0.15) is 12.7 Å². The molecule has 19 heavy (non-hydrogen) atoms. The molecule has 0 radical (unpaired) electrons. The first kappa shape index (κ1) is 12.5. The third kappa shape index (κ3) is 2.22. The first-order valence-corrected chi connectivity index (χ1v) is 7.04. The van der Waals surface area contributed by atoms with Gasteiger partial charge in [-0.05, 0) is 6.92 Å². The molecule has 7 heteroatoms. The van der Waals surface area contributed by atoms with Crippen molar-refractivity contribution in [3.05, 3.63) is 22.1 Å². The molecular weight excluding hydrogens is 268 g/mol. The maximum atomic E-state index is 11.5. The molecule has 0 aliphatic carbocycles. The Balaban J connectivity index is 1.93. The Bertz CT molecular complexity index is 586. The van der Waals surface area contributed by atoms with Crippen LogP contribution in [0.25, 0.3) is 0 Å². The van der Waals surface area contributed by atoms with Crippen LogP contribution in [0.4, 0.5) is 0 Å². The van der Waals surface area contributed by atoms with Crippen molar-refractivity contribution in [2.75, 3.05) is 6.61 Å². The second kappa shape index (κ2) is 4.56. The zero-order valence-electron chi connectivity index (χ0n) is 10.7. The molecule has 3 heterocycles. The van der Waals surface area contributed by atoms with Gasteiger partial charge in [0.25, 0.3) is 5.56 Å². The van der Waals surface area contributed by atoms with Crippen molar-refractivity contribution in [2.24, 2.45) is 0 Å². The Morgan fingerprint density at radius 3 is 3.16 bits per heavy atom. The summed E-state index contributed by atoms with van der Waals surface area (Å²) in [7, 11) is 0. The molecule has 3 atom stereocenters. The minimum absolute atomic E-state index is 0.0889. The van der Waals surface area contributed by atoms with Crippen molar-refractivity contribution in [1.82, 2.24) is 9.55 Å². The number of carbonyl (C=O) groups is 1. The number of aromatic nitrogens is 2. The molecule has 0 amide bonds. The normalized spacial score (nSPS) is 28.2. The molecule has 1 aromatic rings. The summed E-state index contributed by atoms with van der Waals surface area (Å²) in [5.41, 5.74) is 0.327. The Morgan fingerprint density at radius 2 is 2.42 bits per heavy atom. The Hall–Kier alpha value is -1.50. The van der Waals surface area contributed by atoms with E-state index in [4.69, 9.17) is 9.47 Å². The minimum Gasteiger partial charge on any atom is -0.463 e. The van der Waals surface area contributed by atoms with Gasteiger partial charge in [-0.25, -0.2) is 0 Å². The molecule has 1 aromatic heterocycles. The summed E-state index contributed by atoms with van der Waals surface area (Å²) >= 11 is 1.70. The van der Waals surface area contributed by atoms with Crippen LogP contribution in [-0.4, -0.2) is 33.5 Å². The lowest BCUT2D eigenvalue weighted by atomic mass is 10.2. The summed E-state index contributed by atoms with van der Waals surface area (Å²) < 4.78 is 12.8. The number of nitrogens with zero attached hydrogens (tertiary/aromatic N) is 2. The molecule has 2 aliphatic heterocycles. The average Bonchev–Trinajstić information content (AvgIpc) is 2.63. The van der Waals surface area contributed by atoms with Gasteiger partial charge in [0, 0.05) is 25.1 Å². The van der Waals surface area contributed by atoms with Crippen molar-refractivity contribution >= 4 is 17.7 Å². The highest BCUT2D eigenvalue weighted by atomic mass is 32.2. The highest BCUT2D eigenvalue weighted by Crippen LogP contribution is 2.46. The Morgan fingerprint density at radius 1 is 1.63 bits per heavy atom. The summed E-state index contributed by atoms with van der Waals surface area (Å²) in [5.74, 6) is -0.272. The van der Waals surface area contributed by atoms with E-state index in [1.54, 1.807) is 24.9 Å². The SMILES string of the molecule is CC(=O)O[C@H]1C[C@H]2S[C@@H]1COc1nc(=O)c(C)cn12. The van der Waals surface area contributed by atoms with Crippen molar-refractivity contribution in [2.45, 2.75) is 37.0 Å². The smallest absolute Gasteiger partial charge is 0.302 e. The summed E-state index contributed by atoms with van der Waals surface area (Å²) in [6.07, 6.45) is 2.34. The molecule has 0 unspecified atom stereocenters. The van der Waals surface area contributed by atoms with Gasteiger partial charge in [0.2, 0.25) is 0 Å². The number of fused-ring (bicyclic) bond motifs is 4. The van der Waals surface area contributed by atoms with Gasteiger partial charge in [0.15, 0.2) is 0 Å². The summed E-state index contributed by atoms with van der Waals surface area (Å²) in [4.78, 5) is 26.6. The number of rotatable bonds is 1. The average molecular weight is 282 g/mol. The standard InChI is InChI=1S/C12H14N2O4S/c1-6-4-14-10-3-8(18-7(2)15)9(19-10)5-17-12(14)13-11(6)16/h4,8-10H,3,5H2,1-2H3/t8-,9+,10+/m0/s1. The topological polar surface area (TPSA) is 70.4 Å². The molecule has 6 nitrogen and oxygen atoms in total. The summed E-state index contributed by atoms with van der Waals surface area (Å²) in [6.45, 7) is 3.54. The molecule has 2 aliphatic rings. The molecular formula is C12H14N2O4S. The van der Waals surface area contributed by atoms with Crippen molar-refractivity contribution in [3.8, 4) is 6.01 Å². The monoisotopic (exact) mass is 282 g/mol. The third-order valence-electron chi connectivity index (χ3n) is 3.27. The first-order valence-electron chi connectivity index (χ1n) is 6.10. The third-order valence-corrected chi connectivity index (χ3v) is 4.80. The molecule has 1 fully saturated rings. The highest BCUT2D eigenvalue weighted by molar-refractivity contribution is 8.00. The molecule has 0 saturated carbocycles. The van der Waals surface area contributed by atoms with E-state index in [-0.39, 0.29) is 28.3 Å². The van der Waals surface area contributed by atoms with Crippen LogP contribution in [-0.2, 0) is 9.53 Å². The number of ether oxygens (including phenoxy) is 2. The van der Waals surface area contributed by atoms with Crippen LogP contribution in [0, 0.1) is 6.92 Å². The van der Waals surface area contributed by atoms with Gasteiger partial charge in [0.05, 0.1) is 10.6 Å². The predicted octanol–water partition coefficient (Wildman–Crippen LogP) is 0.880. The van der Waals surface area contributed by atoms with Gasteiger partial charge < -0.3 is 9.47 Å². The van der Waals surface area contributed by atoms with E-state index >= 15 is 0 Å². The van der Waals surface area contributed by atoms with Gasteiger partial charge >= 0.3 is 12.0 Å². The molecule has 0 aromatic carbocycles. The van der Waals surface area contributed by atoms with E-state index < -0.39 is 0 Å². The van der Waals surface area contributed by atoms with Gasteiger partial charge in [-0.15, -0.1) is 11.8 Å². The molecule has 2 bridgehead atoms. The van der Waals surface area contributed by atoms with Crippen molar-refractivity contribution in [3.63, 3.8) is 0 Å². The van der Waals surface area contributed by atoms with Crippen LogP contribution in [0.1, 0.15) is 24.3 Å². The second-order valence-corrected chi connectivity index (χ2v) is 6.16. The van der Waals surface area contributed by atoms with Crippen LogP contribution < -0.4 is 10.3 Å². The lowest BCUT2D eigenvalue weighted by molar-refractivity contribution is -0.146. The van der Waals surface area contributed by atoms with Crippen LogP contribution in [0.2, 0.25) is 0 Å². The Kier molecular flexibility index (Phi) is 3.00. The lowest BCUT2D eigenvalue weighted by Gasteiger charge is -2.21. The fourth-order valence-electron chi connectivity index (χ4n) is 2.38. The number of carbonyl (C=O) groups excluding carboxylic acids is 1. The molecule has 1 saturated heterocycles. The second-order valence-electron chi connectivity index (χ2n) is 4.74. The Labute approximate surface area is 114 Å². The van der Waals surface area contributed by atoms with Crippen LogP contribution in [0.3, 0.4) is 0 Å². The van der Waals surface area contributed by atoms with Gasteiger partial charge in [-0.2, -0.15) is 4.98 Å². The largest absolute Gasteiger partial charge is 0.463 e. The maximum Gasteiger partial charge on any atom is 0.302 e. The van der Waals surface area contributed by atoms with Crippen LogP contribution in [0.15, 0.2) is 11.0 Å². The van der Waals surface area contributed by atoms with Crippen molar-refractivity contribution in [1.29, 1.82) is 0 Å². The van der Waals surface area contributed by atoms with E-state index in [1.807, 2.05) is 4.57 Å². The number of thioether (sulfide) groups is 1. The number of aryl methyl sites for hydroxylation is 1. The quantitative estimate of drug-likeness (QED) is 0.712. The van der Waals surface area contributed by atoms with Crippen molar-refractivity contribution < 1.29 is 14.3 Å². The molecule has 0 N–H and O–H groups in total. The summed E-state index contributed by atoms with van der Waals surface area (Å²) in [5, 5.41) is 0.185. The van der Waals surface area contributed by atoms with Crippen LogP contribution in [0.5, 0.6) is 6.01 Å². The first-order chi connectivity index (χ1) is 9.04. The zero-order chi connectivity index (χ0) is 13.6. The fourth-order valence-corrected chi connectivity index (χ4v) is 3.86. The minimum atomic E-state index is -0.272. The molecule has 102 valence electrons. The molecule has 3 rings (SSSR count). The predicted molar refractivity (Wildman–Crippen MR) is 69.3 cm³/mol. The van der Waals surface area contributed by atoms with E-state index in [0.717, 1.165) is 6.42 Å². The van der Waals surface area contributed by atoms with Gasteiger partial charge in [-0.3, -0.25) is 14.2 Å². The maximum absolute atomic E-state index is 11.5. The summed E-state index contributed by atoms with van der Waals surface area (Å²) in [6, 6.07) is 0.358. The molecule has 0 spiro atoms. The van der Waals surface area contributed by atoms with E-state index in [2.05, 4.69) is 4.98 Å². The number of esters is 1.